The van der Waals surface area contributed by atoms with Crippen molar-refractivity contribution in [1.82, 2.24) is 10.6 Å². The van der Waals surface area contributed by atoms with E-state index in [1.807, 2.05) is 0 Å². The smallest absolute Gasteiger partial charge is 0.191 e. The van der Waals surface area contributed by atoms with Crippen molar-refractivity contribution in [3.8, 4) is 0 Å². The van der Waals surface area contributed by atoms with Crippen molar-refractivity contribution in [3.05, 3.63) is 29.8 Å². The lowest BCUT2D eigenvalue weighted by Crippen LogP contribution is -2.43. The monoisotopic (exact) mass is 327 g/mol. The molecule has 7 heteroatoms. The van der Waals surface area contributed by atoms with Crippen LogP contribution in [0, 0.1) is 0 Å². The molecule has 21 heavy (non-hydrogen) atoms. The number of rotatable bonds is 4. The first-order chi connectivity index (χ1) is 10.0. The van der Waals surface area contributed by atoms with Crippen LogP contribution in [0.25, 0.3) is 0 Å². The zero-order chi connectivity index (χ0) is 15.3. The fraction of sp³-hybridized carbons (Fsp3) is 0.500. The fourth-order valence-corrected chi connectivity index (χ4v) is 4.31. The van der Waals surface area contributed by atoms with Gasteiger partial charge in [-0.2, -0.15) is 0 Å². The molecule has 0 aromatic heterocycles. The summed E-state index contributed by atoms with van der Waals surface area (Å²) in [6.07, 6.45) is 2.69. The van der Waals surface area contributed by atoms with Gasteiger partial charge in [0.15, 0.2) is 15.8 Å². The van der Waals surface area contributed by atoms with E-state index in [4.69, 9.17) is 0 Å². The number of guanidine groups is 1. The normalized spacial score (nSPS) is 21.2. The second kappa shape index (κ2) is 7.17. The van der Waals surface area contributed by atoms with Gasteiger partial charge in [-0.3, -0.25) is 4.99 Å². The minimum absolute atomic E-state index is 0.0416. The Labute approximate surface area is 130 Å². The van der Waals surface area contributed by atoms with E-state index >= 15 is 0 Å². The third-order valence-electron chi connectivity index (χ3n) is 3.42. The Balaban J connectivity index is 1.85. The minimum Gasteiger partial charge on any atom is -0.353 e. The molecule has 5 nitrogen and oxygen atoms in total. The maximum atomic E-state index is 11.4. The molecular weight excluding hydrogens is 306 g/mol. The summed E-state index contributed by atoms with van der Waals surface area (Å²) in [6.45, 7) is 0.661. The summed E-state index contributed by atoms with van der Waals surface area (Å²) in [5.41, 5.74) is 1.16. The maximum Gasteiger partial charge on any atom is 0.191 e. The topological polar surface area (TPSA) is 70.6 Å². The number of nitrogens with one attached hydrogen (secondary N) is 2. The number of aliphatic imine (C=N–C) groups is 1. The number of hydrogen-bond acceptors (Lipinski definition) is 4. The number of thioether (sulfide) groups is 1. The van der Waals surface area contributed by atoms with E-state index < -0.39 is 9.84 Å². The maximum absolute atomic E-state index is 11.4. The van der Waals surface area contributed by atoms with Crippen LogP contribution >= 0.6 is 11.8 Å². The molecule has 0 aliphatic carbocycles. The Kier molecular flexibility index (Phi) is 5.52. The number of benzene rings is 1. The molecule has 1 aromatic carbocycles. The van der Waals surface area contributed by atoms with Gasteiger partial charge in [0, 0.05) is 24.5 Å². The summed E-state index contributed by atoms with van der Waals surface area (Å²) in [5, 5.41) is 6.38. The van der Waals surface area contributed by atoms with Crippen molar-refractivity contribution in [2.24, 2.45) is 4.99 Å². The van der Waals surface area contributed by atoms with Crippen LogP contribution in [0.5, 0.6) is 0 Å². The highest BCUT2D eigenvalue weighted by Gasteiger charge is 2.28. The van der Waals surface area contributed by atoms with Crippen molar-refractivity contribution in [1.29, 1.82) is 0 Å². The van der Waals surface area contributed by atoms with Crippen molar-refractivity contribution in [2.75, 3.05) is 24.8 Å². The lowest BCUT2D eigenvalue weighted by atomic mass is 10.2. The fourth-order valence-electron chi connectivity index (χ4n) is 2.23. The zero-order valence-electron chi connectivity index (χ0n) is 12.3. The van der Waals surface area contributed by atoms with Crippen molar-refractivity contribution >= 4 is 27.6 Å². The summed E-state index contributed by atoms with van der Waals surface area (Å²) in [7, 11) is -1.18. The third-order valence-corrected chi connectivity index (χ3v) is 5.93. The molecule has 1 atom stereocenters. The van der Waals surface area contributed by atoms with Gasteiger partial charge in [-0.25, -0.2) is 8.42 Å². The molecule has 0 amide bonds. The molecule has 0 saturated carbocycles. The molecule has 0 radical (unpaired) electrons. The lowest BCUT2D eigenvalue weighted by Gasteiger charge is -2.16. The van der Waals surface area contributed by atoms with E-state index in [0.29, 0.717) is 18.9 Å². The van der Waals surface area contributed by atoms with Crippen molar-refractivity contribution in [2.45, 2.75) is 23.9 Å². The highest BCUT2D eigenvalue weighted by Crippen LogP contribution is 2.14. The highest BCUT2D eigenvalue weighted by atomic mass is 32.2. The molecule has 1 fully saturated rings. The van der Waals surface area contributed by atoms with Crippen LogP contribution in [0.4, 0.5) is 0 Å². The van der Waals surface area contributed by atoms with E-state index in [0.717, 1.165) is 5.56 Å². The molecule has 2 rings (SSSR count). The van der Waals surface area contributed by atoms with Crippen LogP contribution in [0.3, 0.4) is 0 Å². The van der Waals surface area contributed by atoms with Gasteiger partial charge in [0.05, 0.1) is 11.5 Å². The van der Waals surface area contributed by atoms with Gasteiger partial charge in [-0.1, -0.05) is 12.1 Å². The average Bonchev–Trinajstić information content (AvgIpc) is 2.83. The molecule has 2 N–H and O–H groups in total. The molecular formula is C14H21N3O2S2. The predicted molar refractivity (Wildman–Crippen MR) is 88.6 cm³/mol. The Hall–Kier alpha value is -1.21. The minimum atomic E-state index is -2.87. The van der Waals surface area contributed by atoms with Gasteiger partial charge < -0.3 is 10.6 Å². The standard InChI is InChI=1S/C14H21N3O2S2/c1-15-14(17-12-7-8-21(18,19)10-12)16-9-11-3-5-13(20-2)6-4-11/h3-6,12H,7-10H2,1-2H3,(H2,15,16,17). The molecule has 1 saturated heterocycles. The van der Waals surface area contributed by atoms with E-state index in [1.165, 1.54) is 4.90 Å². The van der Waals surface area contributed by atoms with Gasteiger partial charge in [0.1, 0.15) is 0 Å². The molecule has 1 aliphatic rings. The molecule has 0 spiro atoms. The van der Waals surface area contributed by atoms with Crippen LogP contribution in [0.1, 0.15) is 12.0 Å². The largest absolute Gasteiger partial charge is 0.353 e. The highest BCUT2D eigenvalue weighted by molar-refractivity contribution is 7.98. The Bertz CT molecular complexity index is 597. The summed E-state index contributed by atoms with van der Waals surface area (Å²) in [4.78, 5) is 5.38. The summed E-state index contributed by atoms with van der Waals surface area (Å²) in [5.74, 6) is 1.10. The second-order valence-electron chi connectivity index (χ2n) is 5.02. The molecule has 1 unspecified atom stereocenters. The Morgan fingerprint density at radius 2 is 2.10 bits per heavy atom. The van der Waals surface area contributed by atoms with Gasteiger partial charge >= 0.3 is 0 Å². The van der Waals surface area contributed by atoms with E-state index in [-0.39, 0.29) is 17.5 Å². The van der Waals surface area contributed by atoms with Crippen molar-refractivity contribution in [3.63, 3.8) is 0 Å². The van der Waals surface area contributed by atoms with Crippen LogP contribution in [0.2, 0.25) is 0 Å². The Morgan fingerprint density at radius 1 is 1.38 bits per heavy atom. The van der Waals surface area contributed by atoms with E-state index in [2.05, 4.69) is 46.1 Å². The van der Waals surface area contributed by atoms with E-state index in [1.54, 1.807) is 18.8 Å². The van der Waals surface area contributed by atoms with Crippen LogP contribution in [-0.4, -0.2) is 45.2 Å². The van der Waals surface area contributed by atoms with E-state index in [9.17, 15) is 8.42 Å². The van der Waals surface area contributed by atoms with Gasteiger partial charge in [0.25, 0.3) is 0 Å². The SMILES string of the molecule is CN=C(NCc1ccc(SC)cc1)NC1CCS(=O)(=O)C1. The molecule has 1 aliphatic heterocycles. The third kappa shape index (κ3) is 4.93. The summed E-state index contributed by atoms with van der Waals surface area (Å²) >= 11 is 1.71. The van der Waals surface area contributed by atoms with Gasteiger partial charge in [-0.05, 0) is 30.4 Å². The summed E-state index contributed by atoms with van der Waals surface area (Å²) < 4.78 is 22.9. The number of nitrogens with zero attached hydrogens (tertiary/aromatic N) is 1. The first kappa shape index (κ1) is 16.2. The quantitative estimate of drug-likeness (QED) is 0.495. The Morgan fingerprint density at radius 3 is 2.62 bits per heavy atom. The van der Waals surface area contributed by atoms with Crippen LogP contribution < -0.4 is 10.6 Å². The van der Waals surface area contributed by atoms with Crippen LogP contribution in [0.15, 0.2) is 34.2 Å². The van der Waals surface area contributed by atoms with Crippen molar-refractivity contribution < 1.29 is 8.42 Å². The molecule has 1 aromatic rings. The molecule has 116 valence electrons. The molecule has 1 heterocycles. The average molecular weight is 327 g/mol. The van der Waals surface area contributed by atoms with Gasteiger partial charge in [-0.15, -0.1) is 11.8 Å². The lowest BCUT2D eigenvalue weighted by molar-refractivity contribution is 0.599. The predicted octanol–water partition coefficient (Wildman–Crippen LogP) is 1.26. The van der Waals surface area contributed by atoms with Gasteiger partial charge in [0.2, 0.25) is 0 Å². The summed E-state index contributed by atoms with van der Waals surface area (Å²) in [6, 6.07) is 8.28. The first-order valence-electron chi connectivity index (χ1n) is 6.83. The first-order valence-corrected chi connectivity index (χ1v) is 9.87. The molecule has 0 bridgehead atoms. The number of hydrogen-bond donors (Lipinski definition) is 2. The number of sulfone groups is 1. The second-order valence-corrected chi connectivity index (χ2v) is 8.13. The van der Waals surface area contributed by atoms with Crippen LogP contribution in [-0.2, 0) is 16.4 Å². The zero-order valence-corrected chi connectivity index (χ0v) is 13.9.